The smallest absolute Gasteiger partial charge is 0.160 e. The lowest BCUT2D eigenvalue weighted by Gasteiger charge is -2.51. The van der Waals surface area contributed by atoms with Gasteiger partial charge in [-0.15, -0.1) is 0 Å². The van der Waals surface area contributed by atoms with Gasteiger partial charge in [0.25, 0.3) is 0 Å². The minimum absolute atomic E-state index is 0.313. The van der Waals surface area contributed by atoms with Gasteiger partial charge in [0.1, 0.15) is 0 Å². The highest BCUT2D eigenvalue weighted by molar-refractivity contribution is 5.96. The molecular formula is C39H37N3. The third-order valence-corrected chi connectivity index (χ3v) is 9.93. The van der Waals surface area contributed by atoms with Crippen molar-refractivity contribution >= 4 is 10.8 Å². The normalized spacial score (nSPS) is 23.4. The van der Waals surface area contributed by atoms with Crippen LogP contribution in [-0.2, 0) is 5.41 Å². The molecule has 208 valence electrons. The summed E-state index contributed by atoms with van der Waals surface area (Å²) in [4.78, 5) is 10.1. The van der Waals surface area contributed by atoms with Crippen LogP contribution < -0.4 is 0 Å². The molecule has 1 aromatic heterocycles. The summed E-state index contributed by atoms with van der Waals surface area (Å²) in [6, 6.07) is 36.1. The van der Waals surface area contributed by atoms with E-state index in [1.54, 1.807) is 0 Å². The lowest BCUT2D eigenvalue weighted by molar-refractivity contribution is 0.0702. The van der Waals surface area contributed by atoms with E-state index in [-0.39, 0.29) is 0 Å². The van der Waals surface area contributed by atoms with Crippen molar-refractivity contribution in [2.45, 2.75) is 57.8 Å². The van der Waals surface area contributed by atoms with E-state index in [2.05, 4.69) is 92.7 Å². The SMILES string of the molecule is CC[C@@H]1C[C@@H]2C[C@H](C)CC(c3ccc(-c4cc(-c5cccc6ccccc56)nc(-c5ccc(C#N)cc5)n4)cc3)(C1)C2. The molecule has 4 atom stereocenters. The molecule has 42 heavy (non-hydrogen) atoms. The Labute approximate surface area is 249 Å². The largest absolute Gasteiger partial charge is 0.228 e. The molecule has 0 radical (unpaired) electrons. The zero-order valence-electron chi connectivity index (χ0n) is 24.6. The summed E-state index contributed by atoms with van der Waals surface area (Å²) < 4.78 is 0. The van der Waals surface area contributed by atoms with Crippen LogP contribution in [0.5, 0.6) is 0 Å². The van der Waals surface area contributed by atoms with Crippen molar-refractivity contribution in [1.82, 2.24) is 9.97 Å². The van der Waals surface area contributed by atoms with Gasteiger partial charge in [-0.2, -0.15) is 5.26 Å². The first kappa shape index (κ1) is 26.6. The van der Waals surface area contributed by atoms with Gasteiger partial charge < -0.3 is 0 Å². The number of hydrogen-bond donors (Lipinski definition) is 0. The highest BCUT2D eigenvalue weighted by atomic mass is 14.9. The molecule has 0 amide bonds. The van der Waals surface area contributed by atoms with E-state index >= 15 is 0 Å². The summed E-state index contributed by atoms with van der Waals surface area (Å²) in [5, 5.41) is 11.7. The fraction of sp³-hybridized carbons (Fsp3) is 0.308. The summed E-state index contributed by atoms with van der Waals surface area (Å²) in [6.07, 6.45) is 8.07. The molecule has 4 aromatic carbocycles. The van der Waals surface area contributed by atoms with Crippen molar-refractivity contribution in [2.75, 3.05) is 0 Å². The van der Waals surface area contributed by atoms with Gasteiger partial charge >= 0.3 is 0 Å². The Hall–Kier alpha value is -4.29. The molecule has 0 aliphatic heterocycles. The van der Waals surface area contributed by atoms with Crippen LogP contribution in [-0.4, -0.2) is 9.97 Å². The van der Waals surface area contributed by atoms with Crippen molar-refractivity contribution in [3.05, 3.63) is 108 Å². The van der Waals surface area contributed by atoms with E-state index in [4.69, 9.17) is 9.97 Å². The van der Waals surface area contributed by atoms with Crippen LogP contribution in [0, 0.1) is 29.1 Å². The molecule has 1 unspecified atom stereocenters. The minimum atomic E-state index is 0.313. The molecule has 0 N–H and O–H groups in total. The molecule has 2 aliphatic carbocycles. The fourth-order valence-corrected chi connectivity index (χ4v) is 8.16. The van der Waals surface area contributed by atoms with Gasteiger partial charge in [0.2, 0.25) is 0 Å². The first-order valence-corrected chi connectivity index (χ1v) is 15.5. The molecule has 2 aliphatic rings. The molecule has 2 bridgehead atoms. The molecule has 5 aromatic rings. The van der Waals surface area contributed by atoms with Crippen LogP contribution in [0.3, 0.4) is 0 Å². The average molecular weight is 548 g/mol. The lowest BCUT2D eigenvalue weighted by atomic mass is 9.54. The van der Waals surface area contributed by atoms with E-state index in [0.717, 1.165) is 45.8 Å². The zero-order chi connectivity index (χ0) is 28.7. The van der Waals surface area contributed by atoms with Gasteiger partial charge in [0.15, 0.2) is 5.82 Å². The summed E-state index contributed by atoms with van der Waals surface area (Å²) in [6.45, 7) is 4.84. The molecule has 3 heteroatoms. The van der Waals surface area contributed by atoms with Crippen LogP contribution in [0.2, 0.25) is 0 Å². The third kappa shape index (κ3) is 4.90. The first-order chi connectivity index (χ1) is 20.5. The maximum atomic E-state index is 9.32. The maximum absolute atomic E-state index is 9.32. The molecule has 7 rings (SSSR count). The molecule has 0 saturated heterocycles. The van der Waals surface area contributed by atoms with Gasteiger partial charge in [-0.05, 0) is 102 Å². The van der Waals surface area contributed by atoms with E-state index in [1.165, 1.54) is 54.9 Å². The topological polar surface area (TPSA) is 49.6 Å². The predicted molar refractivity (Wildman–Crippen MR) is 172 cm³/mol. The number of nitriles is 1. The van der Waals surface area contributed by atoms with E-state index < -0.39 is 0 Å². The Morgan fingerprint density at radius 1 is 0.786 bits per heavy atom. The second-order valence-electron chi connectivity index (χ2n) is 12.9. The summed E-state index contributed by atoms with van der Waals surface area (Å²) in [7, 11) is 0. The maximum Gasteiger partial charge on any atom is 0.160 e. The Morgan fingerprint density at radius 2 is 1.52 bits per heavy atom. The molecule has 1 heterocycles. The molecular weight excluding hydrogens is 510 g/mol. The Bertz CT molecular complexity index is 1770. The zero-order valence-corrected chi connectivity index (χ0v) is 24.6. The number of hydrogen-bond acceptors (Lipinski definition) is 3. The van der Waals surface area contributed by atoms with Gasteiger partial charge in [-0.25, -0.2) is 9.97 Å². The van der Waals surface area contributed by atoms with Gasteiger partial charge in [-0.3, -0.25) is 0 Å². The van der Waals surface area contributed by atoms with Gasteiger partial charge in [0.05, 0.1) is 23.0 Å². The summed E-state index contributed by atoms with van der Waals surface area (Å²) in [5.74, 6) is 3.18. The molecule has 2 fully saturated rings. The number of nitrogens with zero attached hydrogens (tertiary/aromatic N) is 3. The Balaban J connectivity index is 1.32. The quantitative estimate of drug-likeness (QED) is 0.220. The average Bonchev–Trinajstić information content (AvgIpc) is 3.03. The lowest BCUT2D eigenvalue weighted by Crippen LogP contribution is -2.42. The molecule has 0 spiro atoms. The van der Waals surface area contributed by atoms with Crippen molar-refractivity contribution < 1.29 is 0 Å². The number of fused-ring (bicyclic) bond motifs is 3. The predicted octanol–water partition coefficient (Wildman–Crippen LogP) is 10.00. The van der Waals surface area contributed by atoms with Gasteiger partial charge in [-0.1, -0.05) is 87.0 Å². The van der Waals surface area contributed by atoms with E-state index in [0.29, 0.717) is 16.8 Å². The second-order valence-corrected chi connectivity index (χ2v) is 12.9. The van der Waals surface area contributed by atoms with E-state index in [1.807, 2.05) is 24.3 Å². The number of benzene rings is 4. The first-order valence-electron chi connectivity index (χ1n) is 15.5. The van der Waals surface area contributed by atoms with Gasteiger partial charge in [0, 0.05) is 16.7 Å². The van der Waals surface area contributed by atoms with Crippen LogP contribution in [0.25, 0.3) is 44.7 Å². The van der Waals surface area contributed by atoms with Crippen LogP contribution in [0.1, 0.15) is 63.5 Å². The highest BCUT2D eigenvalue weighted by Crippen LogP contribution is 2.54. The van der Waals surface area contributed by atoms with Crippen molar-refractivity contribution in [3.8, 4) is 40.0 Å². The van der Waals surface area contributed by atoms with Crippen molar-refractivity contribution in [2.24, 2.45) is 17.8 Å². The van der Waals surface area contributed by atoms with Crippen LogP contribution in [0.4, 0.5) is 0 Å². The van der Waals surface area contributed by atoms with Crippen LogP contribution >= 0.6 is 0 Å². The Kier molecular flexibility index (Phi) is 6.87. The number of aromatic nitrogens is 2. The monoisotopic (exact) mass is 547 g/mol. The minimum Gasteiger partial charge on any atom is -0.228 e. The number of rotatable bonds is 5. The third-order valence-electron chi connectivity index (χ3n) is 9.93. The standard InChI is InChI=1S/C39H37N3/c1-3-27-20-29-19-26(2)22-39(23-27,24-29)33-17-15-31(16-18-33)36-21-37(35-10-6-8-30-7-4-5-9-34(30)35)42-38(41-36)32-13-11-28(25-40)12-14-32/h4-18,21,26-27,29H,3,19-20,22-24H2,1-2H3/t26-,27+,29-,39?/m0/s1. The summed E-state index contributed by atoms with van der Waals surface area (Å²) >= 11 is 0. The summed E-state index contributed by atoms with van der Waals surface area (Å²) in [5.41, 5.74) is 7.38. The fourth-order valence-electron chi connectivity index (χ4n) is 8.16. The molecule has 3 nitrogen and oxygen atoms in total. The molecule has 2 saturated carbocycles. The van der Waals surface area contributed by atoms with E-state index in [9.17, 15) is 5.26 Å². The van der Waals surface area contributed by atoms with Crippen molar-refractivity contribution in [3.63, 3.8) is 0 Å². The highest BCUT2D eigenvalue weighted by Gasteiger charge is 2.45. The second kappa shape index (κ2) is 10.8. The van der Waals surface area contributed by atoms with Crippen molar-refractivity contribution in [1.29, 1.82) is 5.26 Å². The van der Waals surface area contributed by atoms with Crippen LogP contribution in [0.15, 0.2) is 97.1 Å². The Morgan fingerprint density at radius 3 is 2.31 bits per heavy atom.